The van der Waals surface area contributed by atoms with Crippen LogP contribution in [0.1, 0.15) is 50.3 Å². The summed E-state index contributed by atoms with van der Waals surface area (Å²) in [5, 5.41) is 3.62. The molecule has 0 heterocycles. The minimum absolute atomic E-state index is 0.00408. The Hall–Kier alpha value is -2.60. The fraction of sp³-hybridized carbons (Fsp3) is 0.440. The van der Waals surface area contributed by atoms with Crippen LogP contribution in [0.3, 0.4) is 0 Å². The van der Waals surface area contributed by atoms with E-state index in [0.717, 1.165) is 23.1 Å². The normalized spacial score (nSPS) is 12.7. The van der Waals surface area contributed by atoms with Crippen LogP contribution in [0.25, 0.3) is 0 Å². The maximum atomic E-state index is 13.3. The van der Waals surface area contributed by atoms with E-state index < -0.39 is 6.04 Å². The summed E-state index contributed by atoms with van der Waals surface area (Å²) in [5.41, 5.74) is 2.45. The third kappa shape index (κ3) is 6.95. The number of nitrogens with one attached hydrogen (secondary N) is 1. The molecule has 0 aromatic heterocycles. The van der Waals surface area contributed by atoms with Gasteiger partial charge >= 0.3 is 0 Å². The zero-order valence-corrected chi connectivity index (χ0v) is 20.1. The highest BCUT2D eigenvalue weighted by molar-refractivity contribution is 6.32. The number of rotatable bonds is 10. The molecule has 32 heavy (non-hydrogen) atoms. The van der Waals surface area contributed by atoms with Crippen molar-refractivity contribution in [3.8, 4) is 5.75 Å². The van der Waals surface area contributed by atoms with Crippen molar-refractivity contribution in [2.45, 2.75) is 66.1 Å². The monoisotopic (exact) mass is 462 g/mol. The molecule has 0 saturated carbocycles. The molecule has 5 nitrogen and oxygen atoms in total. The van der Waals surface area contributed by atoms with Crippen LogP contribution in [0.4, 0.5) is 4.39 Å². The summed E-state index contributed by atoms with van der Waals surface area (Å²) in [4.78, 5) is 27.6. The number of benzene rings is 2. The summed E-state index contributed by atoms with van der Waals surface area (Å²) in [7, 11) is 0. The van der Waals surface area contributed by atoms with Crippen molar-refractivity contribution in [2.75, 3.05) is 6.61 Å². The topological polar surface area (TPSA) is 58.6 Å². The van der Waals surface area contributed by atoms with Crippen molar-refractivity contribution < 1.29 is 18.7 Å². The third-order valence-corrected chi connectivity index (χ3v) is 6.02. The lowest BCUT2D eigenvalue weighted by Crippen LogP contribution is -2.51. The molecule has 2 atom stereocenters. The van der Waals surface area contributed by atoms with Crippen LogP contribution in [0.2, 0.25) is 5.02 Å². The van der Waals surface area contributed by atoms with E-state index in [4.69, 9.17) is 16.3 Å². The number of hydrogen-bond donors (Lipinski definition) is 1. The predicted octanol–water partition coefficient (Wildman–Crippen LogP) is 5.20. The van der Waals surface area contributed by atoms with Crippen LogP contribution < -0.4 is 10.1 Å². The van der Waals surface area contributed by atoms with Gasteiger partial charge in [-0.1, -0.05) is 37.6 Å². The number of carbonyl (C=O) groups is 2. The van der Waals surface area contributed by atoms with Gasteiger partial charge in [-0.05, 0) is 74.6 Å². The molecular weight excluding hydrogens is 431 g/mol. The van der Waals surface area contributed by atoms with Crippen molar-refractivity contribution in [3.05, 3.63) is 63.9 Å². The van der Waals surface area contributed by atoms with Crippen molar-refractivity contribution in [3.63, 3.8) is 0 Å². The summed E-state index contributed by atoms with van der Waals surface area (Å²) < 4.78 is 19.1. The molecule has 174 valence electrons. The number of hydrogen-bond acceptors (Lipinski definition) is 3. The highest BCUT2D eigenvalue weighted by Gasteiger charge is 2.29. The molecule has 0 unspecified atom stereocenters. The Morgan fingerprint density at radius 2 is 1.69 bits per heavy atom. The average Bonchev–Trinajstić information content (AvgIpc) is 2.76. The Balaban J connectivity index is 2.24. The van der Waals surface area contributed by atoms with E-state index >= 15 is 0 Å². The van der Waals surface area contributed by atoms with Gasteiger partial charge in [0, 0.05) is 17.6 Å². The van der Waals surface area contributed by atoms with E-state index in [9.17, 15) is 14.0 Å². The van der Waals surface area contributed by atoms with Gasteiger partial charge < -0.3 is 15.0 Å². The Bertz CT molecular complexity index is 910. The highest BCUT2D eigenvalue weighted by atomic mass is 35.5. The van der Waals surface area contributed by atoms with Crippen molar-refractivity contribution in [1.29, 1.82) is 0 Å². The summed E-state index contributed by atoms with van der Waals surface area (Å²) in [6.07, 6.45) is 1.22. The average molecular weight is 463 g/mol. The molecule has 0 saturated heterocycles. The van der Waals surface area contributed by atoms with Gasteiger partial charge in [-0.3, -0.25) is 9.59 Å². The molecule has 1 N–H and O–H groups in total. The molecule has 2 aromatic carbocycles. The molecular formula is C25H32ClFN2O3. The molecule has 0 aliphatic heterocycles. The third-order valence-electron chi connectivity index (χ3n) is 5.43. The van der Waals surface area contributed by atoms with Crippen molar-refractivity contribution in [2.24, 2.45) is 0 Å². The van der Waals surface area contributed by atoms with Gasteiger partial charge in [-0.15, -0.1) is 0 Å². The quantitative estimate of drug-likeness (QED) is 0.528. The number of carbonyl (C=O) groups excluding carboxylic acids is 2. The molecule has 0 spiro atoms. The standard InChI is InChI=1S/C25H32ClFN2O3/c1-6-18(5)28-25(31)22(7-2)29(14-19-8-10-20(27)11-9-19)23(30)15-32-21-12-16(3)24(26)17(4)13-21/h8-13,18,22H,6-7,14-15H2,1-5H3,(H,28,31)/t18-,22+/m0/s1. The van der Waals surface area contributed by atoms with Crippen LogP contribution in [0.15, 0.2) is 36.4 Å². The molecule has 0 bridgehead atoms. The smallest absolute Gasteiger partial charge is 0.261 e. The van der Waals surface area contributed by atoms with Crippen LogP contribution in [0.5, 0.6) is 5.75 Å². The number of amides is 2. The number of halogens is 2. The zero-order chi connectivity index (χ0) is 23.8. The summed E-state index contributed by atoms with van der Waals surface area (Å²) in [5.74, 6) is -0.359. The van der Waals surface area contributed by atoms with E-state index in [-0.39, 0.29) is 36.8 Å². The van der Waals surface area contributed by atoms with E-state index in [2.05, 4.69) is 5.32 Å². The first-order chi connectivity index (χ1) is 15.2. The second-order valence-electron chi connectivity index (χ2n) is 8.05. The summed E-state index contributed by atoms with van der Waals surface area (Å²) in [6, 6.07) is 8.79. The molecule has 0 aliphatic carbocycles. The predicted molar refractivity (Wildman–Crippen MR) is 125 cm³/mol. The molecule has 0 aliphatic rings. The van der Waals surface area contributed by atoms with Crippen LogP contribution in [0, 0.1) is 19.7 Å². The van der Waals surface area contributed by atoms with Crippen LogP contribution in [-0.2, 0) is 16.1 Å². The minimum Gasteiger partial charge on any atom is -0.484 e. The fourth-order valence-electron chi connectivity index (χ4n) is 3.36. The maximum Gasteiger partial charge on any atom is 0.261 e. The lowest BCUT2D eigenvalue weighted by atomic mass is 10.1. The zero-order valence-electron chi connectivity index (χ0n) is 19.4. The van der Waals surface area contributed by atoms with E-state index in [1.54, 1.807) is 24.3 Å². The second-order valence-corrected chi connectivity index (χ2v) is 8.43. The Labute approximate surface area is 194 Å². The maximum absolute atomic E-state index is 13.3. The first kappa shape index (κ1) is 25.7. The number of nitrogens with zero attached hydrogens (tertiary/aromatic N) is 1. The molecule has 2 rings (SSSR count). The largest absolute Gasteiger partial charge is 0.484 e. The Morgan fingerprint density at radius 3 is 2.22 bits per heavy atom. The molecule has 0 fully saturated rings. The molecule has 0 radical (unpaired) electrons. The van der Waals surface area contributed by atoms with Gasteiger partial charge in [0.15, 0.2) is 6.61 Å². The van der Waals surface area contributed by atoms with Gasteiger partial charge in [0.05, 0.1) is 0 Å². The number of ether oxygens (including phenoxy) is 1. The van der Waals surface area contributed by atoms with Crippen LogP contribution >= 0.6 is 11.6 Å². The molecule has 2 aromatic rings. The van der Waals surface area contributed by atoms with Crippen molar-refractivity contribution >= 4 is 23.4 Å². The van der Waals surface area contributed by atoms with Gasteiger partial charge in [0.25, 0.3) is 5.91 Å². The minimum atomic E-state index is -0.668. The van der Waals surface area contributed by atoms with Crippen molar-refractivity contribution in [1.82, 2.24) is 10.2 Å². The fourth-order valence-corrected chi connectivity index (χ4v) is 3.47. The Kier molecular flexibility index (Phi) is 9.51. The van der Waals surface area contributed by atoms with Gasteiger partial charge in [0.1, 0.15) is 17.6 Å². The van der Waals surface area contributed by atoms with E-state index in [1.807, 2.05) is 34.6 Å². The SMILES string of the molecule is CC[C@H](C(=O)N[C@@H](C)CC)N(Cc1ccc(F)cc1)C(=O)COc1cc(C)c(Cl)c(C)c1. The summed E-state index contributed by atoms with van der Waals surface area (Å²) >= 11 is 6.21. The first-order valence-corrected chi connectivity index (χ1v) is 11.3. The lowest BCUT2D eigenvalue weighted by molar-refractivity contribution is -0.143. The lowest BCUT2D eigenvalue weighted by Gasteiger charge is -2.31. The van der Waals surface area contributed by atoms with Gasteiger partial charge in [-0.25, -0.2) is 4.39 Å². The highest BCUT2D eigenvalue weighted by Crippen LogP contribution is 2.26. The van der Waals surface area contributed by atoms with E-state index in [0.29, 0.717) is 17.2 Å². The van der Waals surface area contributed by atoms with Gasteiger partial charge in [0.2, 0.25) is 5.91 Å². The van der Waals surface area contributed by atoms with Crippen LogP contribution in [-0.4, -0.2) is 35.4 Å². The molecule has 7 heteroatoms. The molecule has 2 amide bonds. The van der Waals surface area contributed by atoms with Gasteiger partial charge in [-0.2, -0.15) is 0 Å². The first-order valence-electron chi connectivity index (χ1n) is 10.9. The van der Waals surface area contributed by atoms with E-state index in [1.165, 1.54) is 17.0 Å². The number of aryl methyl sites for hydroxylation is 2. The Morgan fingerprint density at radius 1 is 1.09 bits per heavy atom. The second kappa shape index (κ2) is 11.9. The summed E-state index contributed by atoms with van der Waals surface area (Å²) in [6.45, 7) is 9.46.